The van der Waals surface area contributed by atoms with Gasteiger partial charge in [0.1, 0.15) is 26.3 Å². The van der Waals surface area contributed by atoms with Crippen LogP contribution in [0, 0.1) is 17.8 Å². The second-order valence-corrected chi connectivity index (χ2v) is 33.1. The number of thioether (sulfide) groups is 4. The molecule has 664 valence electrons. The number of carbonyl (C=O) groups excluding carboxylic acids is 18. The van der Waals surface area contributed by atoms with Crippen molar-refractivity contribution in [1.82, 2.24) is 62.6 Å². The Morgan fingerprint density at radius 2 is 0.890 bits per heavy atom. The number of unbranched alkanes of at least 4 members (excludes halogenated alkanes) is 6. The maximum Gasteiger partial charge on any atom is 0.312 e. The highest BCUT2D eigenvalue weighted by Crippen LogP contribution is 2.27. The zero-order valence-electron chi connectivity index (χ0n) is 73.8. The molecule has 0 aromatic heterocycles. The normalized spacial score (nSPS) is 16.9. The fraction of sp³-hybridized carbons (Fsp3) is 0.671. The summed E-state index contributed by atoms with van der Waals surface area (Å²) in [5, 5.41) is 26.6. The number of nitrogens with zero attached hydrogens (tertiary/aromatic N) is 3. The maximum absolute atomic E-state index is 13.3. The monoisotopic (exact) mass is 1740 g/mol. The first-order valence-electron chi connectivity index (χ1n) is 41.9. The average Bonchev–Trinajstić information content (AvgIpc) is 1.69. The predicted molar refractivity (Wildman–Crippen MR) is 459 cm³/mol. The molecule has 0 radical (unpaired) electrons. The van der Waals surface area contributed by atoms with E-state index >= 15 is 0 Å². The van der Waals surface area contributed by atoms with Crippen molar-refractivity contribution in [2.75, 3.05) is 75.5 Å². The summed E-state index contributed by atoms with van der Waals surface area (Å²) < 4.78 is 32.8. The van der Waals surface area contributed by atoms with Crippen molar-refractivity contribution >= 4 is 160 Å². The molecular formula is C79H130N16O19S4. The van der Waals surface area contributed by atoms with Crippen molar-refractivity contribution in [1.29, 1.82) is 0 Å². The van der Waals surface area contributed by atoms with Crippen molar-refractivity contribution in [3.8, 4) is 0 Å². The van der Waals surface area contributed by atoms with Gasteiger partial charge in [-0.1, -0.05) is 79.5 Å². The summed E-state index contributed by atoms with van der Waals surface area (Å²) in [4.78, 5) is 217. The van der Waals surface area contributed by atoms with Crippen molar-refractivity contribution < 1.29 is 96.5 Å². The molecule has 0 bridgehead atoms. The third-order valence-electron chi connectivity index (χ3n) is 18.7. The molecule has 1 aromatic rings. The summed E-state index contributed by atoms with van der Waals surface area (Å²) in [6.45, 7) is 16.4. The summed E-state index contributed by atoms with van der Waals surface area (Å²) in [5.41, 5.74) is 16.6. The van der Waals surface area contributed by atoms with Gasteiger partial charge < -0.3 is 74.6 Å². The largest absolute Gasteiger partial charge is 0.463 e. The van der Waals surface area contributed by atoms with E-state index in [1.807, 2.05) is 46.5 Å². The van der Waals surface area contributed by atoms with Crippen molar-refractivity contribution in [2.24, 2.45) is 35.0 Å². The number of rotatable bonds is 54. The number of anilines is 1. The molecule has 9 atom stereocenters. The molecule has 3 heterocycles. The molecular weight excluding hydrogens is 1610 g/mol. The van der Waals surface area contributed by atoms with E-state index in [0.29, 0.717) is 152 Å². The molecule has 1 aromatic carbocycles. The number of Topliss-reactive ketones (excluding diaryl/α,β-unsaturated/α-hetero) is 2. The van der Waals surface area contributed by atoms with Crippen molar-refractivity contribution in [2.45, 2.75) is 249 Å². The lowest BCUT2D eigenvalue weighted by Gasteiger charge is -2.28. The number of likely N-dealkylation sites (tertiary alicyclic amines) is 3. The second kappa shape index (κ2) is 60.6. The molecule has 0 spiro atoms. The molecule has 3 saturated heterocycles. The lowest BCUT2D eigenvalue weighted by atomic mass is 9.99. The van der Waals surface area contributed by atoms with Crippen molar-refractivity contribution in [3.63, 3.8) is 0 Å². The topological polar surface area (TPSA) is 525 Å². The maximum atomic E-state index is 13.3. The van der Waals surface area contributed by atoms with E-state index in [-0.39, 0.29) is 150 Å². The van der Waals surface area contributed by atoms with Crippen LogP contribution in [0.5, 0.6) is 0 Å². The highest BCUT2D eigenvalue weighted by Gasteiger charge is 2.40. The van der Waals surface area contributed by atoms with Crippen LogP contribution in [-0.2, 0) is 83.3 Å². The standard InChI is InChI=1S/C30H44N6O8S.C24H41N5O5S.C14H28N4O3S.C11H17NO3S/c1-19(2)26(35-24(38)9-5-4-6-15-36-25(39)16-23(45-3)29(36)42)28(41)34-22(8-7-14-32-30(31)43)27(40)33-21-12-10-20(11-13-21)17-44-18-37;1-15(2)22(16(3)27-18(17(4)30)10-9-12-26-24(25)34)28-20(31)11-7-6-8-13-29-21(32)14-19(35-5)23(29)33;1-9(2)12(17-8-22-4)13(20)18-11(10(3)19)6-5-7-16-14(15)21;1-16-9-8-10(14)12(11(9)15)6-4-2-3-5-7-13/h10-13,18-19,22-23,26H,4-9,14-17H2,1-3H3,(H,33,40)(H,34,41)(H,35,38)(H3,31,32,43);15,18-19,22,27H,3,6-14H2,1-2,4-5H3,(H,28,31)(H3,25,26,34);9,11-12,17H,5-8H2,1-4H3,(H,18,20)(H3,15,16,21);7,9H,2-6,8H2,1H3/t22-,23?,26-;18-,19?,22-;11-,12-;/m000./s1/i18D;4D;3D;7D. The van der Waals surface area contributed by atoms with Crippen LogP contribution in [0.1, 0.15) is 201 Å². The minimum Gasteiger partial charge on any atom is -0.463 e. The zero-order valence-corrected chi connectivity index (χ0v) is 73.1. The number of aldehydes is 1. The number of nitrogens with one attached hydrogen (secondary N) is 10. The molecule has 3 aliphatic rings. The molecule has 39 heteroatoms. The zero-order chi connectivity index (χ0) is 92.1. The van der Waals surface area contributed by atoms with E-state index in [9.17, 15) is 86.3 Å². The number of nitrogens with two attached hydrogens (primary N) is 3. The fourth-order valence-electron chi connectivity index (χ4n) is 12.1. The summed E-state index contributed by atoms with van der Waals surface area (Å²) in [6.07, 6.45) is 15.2. The number of carbonyl (C=O) groups is 18. The summed E-state index contributed by atoms with van der Waals surface area (Å²) >= 11 is 5.74. The van der Waals surface area contributed by atoms with E-state index in [1.54, 1.807) is 56.1 Å². The summed E-state index contributed by atoms with van der Waals surface area (Å²) in [7, 11) is 0. The van der Waals surface area contributed by atoms with E-state index in [1.165, 1.54) is 50.0 Å². The number of primary amides is 3. The lowest BCUT2D eigenvalue weighted by molar-refractivity contribution is -0.139. The number of urea groups is 3. The molecule has 4 rings (SSSR count). The number of hydrogen-bond donors (Lipinski definition) is 13. The minimum absolute atomic E-state index is 0.00815. The predicted octanol–water partition coefficient (Wildman–Crippen LogP) is 4.79. The molecule has 0 aliphatic carbocycles. The number of amides is 17. The van der Waals surface area contributed by atoms with Gasteiger partial charge in [0.2, 0.25) is 65.0 Å². The van der Waals surface area contributed by atoms with E-state index < -0.39 is 85.8 Å². The Kier molecular flexibility index (Phi) is 51.2. The van der Waals surface area contributed by atoms with Crippen LogP contribution in [0.25, 0.3) is 0 Å². The van der Waals surface area contributed by atoms with E-state index in [2.05, 4.69) is 64.5 Å². The van der Waals surface area contributed by atoms with Gasteiger partial charge in [-0.05, 0) is 151 Å². The van der Waals surface area contributed by atoms with Crippen LogP contribution in [0.4, 0.5) is 20.1 Å². The van der Waals surface area contributed by atoms with Gasteiger partial charge in [-0.3, -0.25) is 87.1 Å². The van der Waals surface area contributed by atoms with Crippen LogP contribution in [0.15, 0.2) is 36.5 Å². The quantitative estimate of drug-likeness (QED) is 0.0180. The fourth-order valence-corrected chi connectivity index (χ4v) is 14.4. The second-order valence-electron chi connectivity index (χ2n) is 29.1. The number of benzene rings is 1. The lowest BCUT2D eigenvalue weighted by Crippen LogP contribution is -2.54. The smallest absolute Gasteiger partial charge is 0.312 e. The third-order valence-corrected chi connectivity index (χ3v) is 22.0. The van der Waals surface area contributed by atoms with Gasteiger partial charge in [0, 0.05) is 97.8 Å². The molecule has 17 amide bonds. The van der Waals surface area contributed by atoms with Gasteiger partial charge in [-0.2, -0.15) is 35.3 Å². The molecule has 3 aliphatic heterocycles. The highest BCUT2D eigenvalue weighted by atomic mass is 32.2. The van der Waals surface area contributed by atoms with Gasteiger partial charge in [0.05, 0.1) is 39.9 Å². The van der Waals surface area contributed by atoms with Crippen LogP contribution in [-0.4, -0.2) is 244 Å². The van der Waals surface area contributed by atoms with E-state index in [0.717, 1.165) is 6.42 Å². The first-order chi connectivity index (χ1) is 57.7. The summed E-state index contributed by atoms with van der Waals surface area (Å²) in [5.74, 6) is -2.81. The SMILES string of the molecule is [2H]C(=O)CCCCCN1C(=O)CC(SC)C1=O.[2H]C(=O)OCc1ccc(NC(=O)[C@H](CCCNC(N)=O)NC(=O)[C@@H](NC(=O)CCCCCN2C(=O)CC(SC)C2=O)C(C)C)cc1.[2H]CC(=O)[C@H](CCCNC(N)=O)NC(=C)[C@@H](NC(=O)CCCCCN1C(=O)CC(SC)C1=O)C(C)C.[2H]CC(=O)[C@H](CCCNC(N)=O)NC(=O)[C@@H](NCSC)C(C)C. The summed E-state index contributed by atoms with van der Waals surface area (Å²) in [6, 6.07) is 0.299. The number of ketones is 2. The van der Waals surface area contributed by atoms with Gasteiger partial charge in [0.25, 0.3) is 6.45 Å². The van der Waals surface area contributed by atoms with Gasteiger partial charge in [-0.15, -0.1) is 11.8 Å². The molecule has 3 fully saturated rings. The Balaban J connectivity index is 0.000000867. The van der Waals surface area contributed by atoms with Gasteiger partial charge in [0.15, 0.2) is 12.9 Å². The minimum atomic E-state index is -1.16. The molecule has 16 N–H and O–H groups in total. The first-order valence-corrected chi connectivity index (χ1v) is 44.7. The Labute approximate surface area is 716 Å². The Hall–Kier alpha value is -8.82. The number of imide groups is 3. The highest BCUT2D eigenvalue weighted by molar-refractivity contribution is 8.00. The molecule has 3 unspecified atom stereocenters. The van der Waals surface area contributed by atoms with Gasteiger partial charge in [-0.25, -0.2) is 14.4 Å². The van der Waals surface area contributed by atoms with Crippen LogP contribution >= 0.6 is 47.0 Å². The molecule has 35 nitrogen and oxygen atoms in total. The van der Waals surface area contributed by atoms with Gasteiger partial charge >= 0.3 is 18.1 Å². The number of hydrogen-bond acceptors (Lipinski definition) is 25. The van der Waals surface area contributed by atoms with Crippen molar-refractivity contribution in [3.05, 3.63) is 42.1 Å². The van der Waals surface area contributed by atoms with Crippen LogP contribution in [0.3, 0.4) is 0 Å². The van der Waals surface area contributed by atoms with Crippen LogP contribution < -0.4 is 70.4 Å². The van der Waals surface area contributed by atoms with E-state index in [4.69, 9.17) is 22.7 Å². The molecule has 118 heavy (non-hydrogen) atoms. The Morgan fingerprint density at radius 1 is 0.508 bits per heavy atom. The first kappa shape index (κ1) is 99.7. The third kappa shape index (κ3) is 43.2. The Bertz CT molecular complexity index is 3620. The average molecular weight is 1740 g/mol. The Morgan fingerprint density at radius 3 is 1.25 bits per heavy atom. The number of ether oxygens (including phenoxy) is 1. The molecule has 0 saturated carbocycles. The van der Waals surface area contributed by atoms with Crippen LogP contribution in [0.2, 0.25) is 0 Å².